The summed E-state index contributed by atoms with van der Waals surface area (Å²) >= 11 is 0. The second-order valence-electron chi connectivity index (χ2n) is 4.77. The van der Waals surface area contributed by atoms with Gasteiger partial charge in [-0.3, -0.25) is 0 Å². The Balaban J connectivity index is 1.87. The highest BCUT2D eigenvalue weighted by Gasteiger charge is 2.07. The van der Waals surface area contributed by atoms with Gasteiger partial charge in [-0.05, 0) is 13.3 Å². The van der Waals surface area contributed by atoms with E-state index in [1.165, 1.54) is 0 Å². The zero-order chi connectivity index (χ0) is 13.9. The molecule has 1 N–H and O–H groups in total. The van der Waals surface area contributed by atoms with Gasteiger partial charge in [0.25, 0.3) is 0 Å². The average molecular weight is 271 g/mol. The van der Waals surface area contributed by atoms with E-state index < -0.39 is 0 Å². The van der Waals surface area contributed by atoms with E-state index in [2.05, 4.69) is 27.5 Å². The van der Waals surface area contributed by atoms with Crippen molar-refractivity contribution in [3.63, 3.8) is 0 Å². The zero-order valence-corrected chi connectivity index (χ0v) is 11.6. The Bertz CT molecular complexity index is 715. The highest BCUT2D eigenvalue weighted by atomic mass is 16.5. The third-order valence-corrected chi connectivity index (χ3v) is 3.05. The predicted octanol–water partition coefficient (Wildman–Crippen LogP) is 2.59. The third-order valence-electron chi connectivity index (χ3n) is 3.05. The van der Waals surface area contributed by atoms with Gasteiger partial charge in [0.2, 0.25) is 0 Å². The molecule has 0 aromatic carbocycles. The lowest BCUT2D eigenvalue weighted by Gasteiger charge is -2.09. The third kappa shape index (κ3) is 2.49. The Morgan fingerprint density at radius 2 is 2.20 bits per heavy atom. The fourth-order valence-electron chi connectivity index (χ4n) is 2.16. The summed E-state index contributed by atoms with van der Waals surface area (Å²) in [6, 6.07) is 5.86. The molecule has 0 atom stereocenters. The van der Waals surface area contributed by atoms with Crippen LogP contribution in [0.2, 0.25) is 0 Å². The molecule has 6 nitrogen and oxygen atoms in total. The monoisotopic (exact) mass is 271 g/mol. The number of hydrogen-bond donors (Lipinski definition) is 1. The maximum Gasteiger partial charge on any atom is 0.157 e. The van der Waals surface area contributed by atoms with Crippen molar-refractivity contribution in [1.29, 1.82) is 0 Å². The van der Waals surface area contributed by atoms with Crippen molar-refractivity contribution in [1.82, 2.24) is 19.8 Å². The van der Waals surface area contributed by atoms with Gasteiger partial charge in [0, 0.05) is 23.9 Å². The van der Waals surface area contributed by atoms with E-state index in [4.69, 9.17) is 4.52 Å². The van der Waals surface area contributed by atoms with Gasteiger partial charge in [-0.15, -0.1) is 0 Å². The lowest BCUT2D eigenvalue weighted by atomic mass is 10.2. The van der Waals surface area contributed by atoms with Crippen molar-refractivity contribution in [2.75, 3.05) is 5.32 Å². The van der Waals surface area contributed by atoms with Crippen LogP contribution >= 0.6 is 0 Å². The zero-order valence-electron chi connectivity index (χ0n) is 11.6. The van der Waals surface area contributed by atoms with E-state index in [-0.39, 0.29) is 0 Å². The molecule has 0 aliphatic heterocycles. The first-order chi connectivity index (χ1) is 9.76. The summed E-state index contributed by atoms with van der Waals surface area (Å²) < 4.78 is 6.86. The van der Waals surface area contributed by atoms with Crippen LogP contribution in [0.25, 0.3) is 5.65 Å². The minimum absolute atomic E-state index is 0.599. The van der Waals surface area contributed by atoms with Gasteiger partial charge >= 0.3 is 0 Å². The van der Waals surface area contributed by atoms with Crippen LogP contribution in [0.15, 0.2) is 28.9 Å². The summed E-state index contributed by atoms with van der Waals surface area (Å²) in [4.78, 5) is 4.57. The number of nitrogens with one attached hydrogen (secondary N) is 1. The molecule has 3 heterocycles. The maximum atomic E-state index is 5.06. The van der Waals surface area contributed by atoms with E-state index in [0.717, 1.165) is 41.5 Å². The van der Waals surface area contributed by atoms with Gasteiger partial charge in [-0.1, -0.05) is 18.5 Å². The molecule has 6 heteroatoms. The molecule has 0 unspecified atom stereocenters. The van der Waals surface area contributed by atoms with Crippen LogP contribution in [0.4, 0.5) is 5.82 Å². The molecule has 0 fully saturated rings. The quantitative estimate of drug-likeness (QED) is 0.772. The Morgan fingerprint density at radius 3 is 2.95 bits per heavy atom. The van der Waals surface area contributed by atoms with Crippen LogP contribution in [0.3, 0.4) is 0 Å². The lowest BCUT2D eigenvalue weighted by molar-refractivity contribution is 0.391. The Hall–Kier alpha value is -2.37. The molecule has 20 heavy (non-hydrogen) atoms. The predicted molar refractivity (Wildman–Crippen MR) is 75.5 cm³/mol. The van der Waals surface area contributed by atoms with Gasteiger partial charge in [0.1, 0.15) is 17.3 Å². The van der Waals surface area contributed by atoms with Crippen molar-refractivity contribution < 1.29 is 4.52 Å². The second kappa shape index (κ2) is 5.32. The summed E-state index contributed by atoms with van der Waals surface area (Å²) in [6.45, 7) is 4.63. The van der Waals surface area contributed by atoms with Gasteiger partial charge in [-0.25, -0.2) is 4.98 Å². The Kier molecular flexibility index (Phi) is 3.37. The number of anilines is 1. The highest BCUT2D eigenvalue weighted by Crippen LogP contribution is 2.14. The molecule has 3 rings (SSSR count). The molecular weight excluding hydrogens is 254 g/mol. The molecule has 0 bridgehead atoms. The van der Waals surface area contributed by atoms with Crippen LogP contribution in [-0.4, -0.2) is 19.8 Å². The van der Waals surface area contributed by atoms with Crippen LogP contribution in [-0.2, 0) is 13.0 Å². The molecular formula is C14H17N5O. The normalized spacial score (nSPS) is 11.1. The largest absolute Gasteiger partial charge is 0.364 e. The average Bonchev–Trinajstić information content (AvgIpc) is 3.05. The van der Waals surface area contributed by atoms with Crippen molar-refractivity contribution in [3.05, 3.63) is 41.5 Å². The molecule has 3 aromatic rings. The van der Waals surface area contributed by atoms with Crippen molar-refractivity contribution in [2.24, 2.45) is 0 Å². The maximum absolute atomic E-state index is 5.06. The summed E-state index contributed by atoms with van der Waals surface area (Å²) in [6.07, 6.45) is 3.78. The van der Waals surface area contributed by atoms with Crippen LogP contribution in [0.1, 0.15) is 30.5 Å². The topological polar surface area (TPSA) is 68.2 Å². The van der Waals surface area contributed by atoms with Gasteiger partial charge in [0.05, 0.1) is 12.7 Å². The van der Waals surface area contributed by atoms with Crippen LogP contribution in [0, 0.1) is 6.92 Å². The Labute approximate surface area is 116 Å². The number of aryl methyl sites for hydroxylation is 2. The fraction of sp³-hybridized carbons (Fsp3) is 0.357. The first kappa shape index (κ1) is 12.7. The van der Waals surface area contributed by atoms with Crippen molar-refractivity contribution in [2.45, 2.75) is 33.2 Å². The first-order valence-corrected chi connectivity index (χ1v) is 6.76. The molecule has 0 radical (unpaired) electrons. The molecule has 0 spiro atoms. The van der Waals surface area contributed by atoms with Gasteiger partial charge in [-0.2, -0.15) is 9.61 Å². The van der Waals surface area contributed by atoms with E-state index in [9.17, 15) is 0 Å². The number of fused-ring (bicyclic) bond motifs is 1. The van der Waals surface area contributed by atoms with E-state index in [1.807, 2.05) is 25.1 Å². The van der Waals surface area contributed by atoms with Crippen molar-refractivity contribution in [3.8, 4) is 0 Å². The second-order valence-corrected chi connectivity index (χ2v) is 4.77. The standard InChI is InChI=1S/C14H17N5O/c1-3-4-11-8-14(19-13(17-11)5-6-16-19)15-9-12-7-10(2)20-18-12/h5-8,15H,3-4,9H2,1-2H3. The van der Waals surface area contributed by atoms with Crippen molar-refractivity contribution >= 4 is 11.5 Å². The van der Waals surface area contributed by atoms with Crippen LogP contribution in [0.5, 0.6) is 0 Å². The number of aromatic nitrogens is 4. The van der Waals surface area contributed by atoms with E-state index in [1.54, 1.807) is 10.7 Å². The first-order valence-electron chi connectivity index (χ1n) is 6.76. The van der Waals surface area contributed by atoms with Crippen LogP contribution < -0.4 is 5.32 Å². The molecule has 0 saturated heterocycles. The summed E-state index contributed by atoms with van der Waals surface area (Å²) in [5.41, 5.74) is 2.80. The fourth-order valence-corrected chi connectivity index (χ4v) is 2.16. The number of hydrogen-bond acceptors (Lipinski definition) is 5. The smallest absolute Gasteiger partial charge is 0.157 e. The summed E-state index contributed by atoms with van der Waals surface area (Å²) in [5, 5.41) is 11.6. The molecule has 0 aliphatic rings. The highest BCUT2D eigenvalue weighted by molar-refractivity contribution is 5.49. The van der Waals surface area contributed by atoms with Gasteiger partial charge in [0.15, 0.2) is 5.65 Å². The lowest BCUT2D eigenvalue weighted by Crippen LogP contribution is -2.07. The number of rotatable bonds is 5. The minimum Gasteiger partial charge on any atom is -0.364 e. The number of nitrogens with zero attached hydrogens (tertiary/aromatic N) is 4. The molecule has 104 valence electrons. The summed E-state index contributed by atoms with van der Waals surface area (Å²) in [7, 11) is 0. The molecule has 0 saturated carbocycles. The molecule has 0 aliphatic carbocycles. The van der Waals surface area contributed by atoms with E-state index in [0.29, 0.717) is 6.54 Å². The minimum atomic E-state index is 0.599. The molecule has 3 aromatic heterocycles. The van der Waals surface area contributed by atoms with E-state index >= 15 is 0 Å². The summed E-state index contributed by atoms with van der Waals surface area (Å²) in [5.74, 6) is 1.73. The van der Waals surface area contributed by atoms with Gasteiger partial charge < -0.3 is 9.84 Å². The Morgan fingerprint density at radius 1 is 1.30 bits per heavy atom. The molecule has 0 amide bonds. The SMILES string of the molecule is CCCc1cc(NCc2cc(C)on2)n2nccc2n1.